The van der Waals surface area contributed by atoms with Crippen molar-refractivity contribution < 1.29 is 22.7 Å². The molecule has 0 bridgehead atoms. The number of ether oxygens (including phenoxy) is 2. The zero-order valence-electron chi connectivity index (χ0n) is 17.5. The van der Waals surface area contributed by atoms with Gasteiger partial charge >= 0.3 is 6.03 Å². The van der Waals surface area contributed by atoms with Gasteiger partial charge in [0.05, 0.1) is 12.7 Å². The number of nitrogens with one attached hydrogen (secondary N) is 2. The second-order valence-corrected chi connectivity index (χ2v) is 9.89. The van der Waals surface area contributed by atoms with Gasteiger partial charge < -0.3 is 14.8 Å². The van der Waals surface area contributed by atoms with E-state index < -0.39 is 16.1 Å². The first-order valence-corrected chi connectivity index (χ1v) is 12.2. The Morgan fingerprint density at radius 1 is 1.25 bits per heavy atom. The molecule has 1 aromatic carbocycles. The number of carbonyl (C=O) groups excluding carboxylic acids is 1. The van der Waals surface area contributed by atoms with Crippen molar-refractivity contribution in [2.75, 3.05) is 18.5 Å². The highest BCUT2D eigenvalue weighted by atomic mass is 32.2. The smallest absolute Gasteiger partial charge is 0.333 e. The average molecular weight is 457 g/mol. The number of hydrogen-bond donors (Lipinski definition) is 2. The highest BCUT2D eigenvalue weighted by Crippen LogP contribution is 2.38. The summed E-state index contributed by atoms with van der Waals surface area (Å²) in [5, 5.41) is 6.91. The van der Waals surface area contributed by atoms with E-state index in [1.165, 1.54) is 22.0 Å². The summed E-state index contributed by atoms with van der Waals surface area (Å²) < 4.78 is 40.4. The molecule has 0 saturated carbocycles. The lowest BCUT2D eigenvalue weighted by molar-refractivity contribution is 0.00159. The zero-order chi connectivity index (χ0) is 22.3. The second kappa shape index (κ2) is 8.15. The Balaban J connectivity index is 1.34. The minimum Gasteiger partial charge on any atom is -0.474 e. The van der Waals surface area contributed by atoms with Gasteiger partial charge in [-0.05, 0) is 60.8 Å². The van der Waals surface area contributed by atoms with Crippen LogP contribution < -0.4 is 14.8 Å². The van der Waals surface area contributed by atoms with E-state index in [1.807, 2.05) is 0 Å². The molecule has 2 aromatic rings. The largest absolute Gasteiger partial charge is 0.474 e. The predicted molar refractivity (Wildman–Crippen MR) is 116 cm³/mol. The van der Waals surface area contributed by atoms with Crippen LogP contribution in [-0.4, -0.2) is 43.5 Å². The van der Waals surface area contributed by atoms with Crippen molar-refractivity contribution in [1.29, 1.82) is 0 Å². The molecule has 0 radical (unpaired) electrons. The molecule has 3 aliphatic rings. The van der Waals surface area contributed by atoms with E-state index in [9.17, 15) is 13.2 Å². The van der Waals surface area contributed by atoms with Gasteiger partial charge in [0, 0.05) is 5.69 Å². The summed E-state index contributed by atoms with van der Waals surface area (Å²) in [4.78, 5) is 12.6. The highest BCUT2D eigenvalue weighted by molar-refractivity contribution is 7.90. The van der Waals surface area contributed by atoms with Crippen molar-refractivity contribution in [2.45, 2.75) is 56.1 Å². The van der Waals surface area contributed by atoms with E-state index >= 15 is 0 Å². The Morgan fingerprint density at radius 3 is 2.66 bits per heavy atom. The summed E-state index contributed by atoms with van der Waals surface area (Å²) in [7, 11) is -4.18. The molecule has 0 saturated heterocycles. The normalized spacial score (nSPS) is 18.8. The van der Waals surface area contributed by atoms with Crippen LogP contribution in [0.3, 0.4) is 0 Å². The SMILES string of the molecule is C#CCO[C@H]1COc2c(S(=O)(=O)NC(=O)Nc3c4c(cc5c3CCC5)CCC4)cnn2C1. The number of carbonyl (C=O) groups is 1. The van der Waals surface area contributed by atoms with Gasteiger partial charge in [-0.2, -0.15) is 5.10 Å². The number of benzene rings is 1. The van der Waals surface area contributed by atoms with Crippen LogP contribution in [-0.2, 0) is 47.0 Å². The Morgan fingerprint density at radius 2 is 1.97 bits per heavy atom. The fourth-order valence-corrected chi connectivity index (χ4v) is 5.77. The van der Waals surface area contributed by atoms with Gasteiger partial charge in [0.2, 0.25) is 5.88 Å². The van der Waals surface area contributed by atoms with Gasteiger partial charge in [-0.1, -0.05) is 12.0 Å². The van der Waals surface area contributed by atoms with Crippen LogP contribution in [0.2, 0.25) is 0 Å². The van der Waals surface area contributed by atoms with Crippen LogP contribution in [0.4, 0.5) is 10.5 Å². The first kappa shape index (κ1) is 20.8. The lowest BCUT2D eigenvalue weighted by Crippen LogP contribution is -2.36. The molecule has 32 heavy (non-hydrogen) atoms. The lowest BCUT2D eigenvalue weighted by atomic mass is 9.99. The molecule has 1 aromatic heterocycles. The van der Waals surface area contributed by atoms with Crippen LogP contribution in [0.1, 0.15) is 35.1 Å². The number of anilines is 1. The molecule has 168 valence electrons. The Kier molecular flexibility index (Phi) is 5.31. The molecule has 9 nitrogen and oxygen atoms in total. The summed E-state index contributed by atoms with van der Waals surface area (Å²) in [6, 6.07) is 1.46. The maximum atomic E-state index is 12.9. The van der Waals surface area contributed by atoms with Gasteiger partial charge in [-0.25, -0.2) is 22.6 Å². The first-order valence-electron chi connectivity index (χ1n) is 10.7. The molecule has 2 aliphatic carbocycles. The van der Waals surface area contributed by atoms with E-state index in [1.54, 1.807) is 0 Å². The minimum atomic E-state index is -4.18. The third-order valence-electron chi connectivity index (χ3n) is 6.17. The Labute approximate surface area is 186 Å². The molecule has 1 aliphatic heterocycles. The average Bonchev–Trinajstić information content (AvgIpc) is 3.50. The quantitative estimate of drug-likeness (QED) is 0.664. The highest BCUT2D eigenvalue weighted by Gasteiger charge is 2.32. The number of aryl methyl sites for hydroxylation is 2. The van der Waals surface area contributed by atoms with Crippen LogP contribution in [0.5, 0.6) is 5.88 Å². The Bertz CT molecular complexity index is 1200. The summed E-state index contributed by atoms with van der Waals surface area (Å²) in [6.45, 7) is 0.579. The molecule has 2 N–H and O–H groups in total. The number of sulfonamides is 1. The van der Waals surface area contributed by atoms with Crippen LogP contribution in [0.15, 0.2) is 17.2 Å². The standard InChI is InChI=1S/C22H24N4O5S/c1-2-9-30-16-12-26-21(31-13-16)19(11-23-26)32(28,29)25-22(27)24-20-17-7-3-5-14(17)10-15-6-4-8-18(15)20/h1,10-11,16H,3-9,12-13H2,(H2,24,25,27)/t16-/m1/s1. The molecule has 2 heterocycles. The molecule has 0 spiro atoms. The van der Waals surface area contributed by atoms with Crippen LogP contribution in [0.25, 0.3) is 0 Å². The summed E-state index contributed by atoms with van der Waals surface area (Å²) in [6.07, 6.45) is 11.9. The summed E-state index contributed by atoms with van der Waals surface area (Å²) in [5.41, 5.74) is 5.54. The number of amides is 2. The molecule has 10 heteroatoms. The van der Waals surface area contributed by atoms with E-state index in [0.29, 0.717) is 6.54 Å². The molecular formula is C22H24N4O5S. The van der Waals surface area contributed by atoms with Crippen molar-refractivity contribution in [3.05, 3.63) is 34.5 Å². The Hall–Kier alpha value is -3.03. The van der Waals surface area contributed by atoms with Crippen molar-refractivity contribution in [2.24, 2.45) is 0 Å². The number of aromatic nitrogens is 2. The fourth-order valence-electron chi connectivity index (χ4n) is 4.78. The van der Waals surface area contributed by atoms with Crippen molar-refractivity contribution >= 4 is 21.7 Å². The topological polar surface area (TPSA) is 112 Å². The van der Waals surface area contributed by atoms with E-state index in [-0.39, 0.29) is 30.1 Å². The van der Waals surface area contributed by atoms with Crippen LogP contribution >= 0.6 is 0 Å². The number of hydrogen-bond acceptors (Lipinski definition) is 6. The fraction of sp³-hybridized carbons (Fsp3) is 0.455. The molecule has 0 unspecified atom stereocenters. The number of urea groups is 1. The maximum absolute atomic E-state index is 12.9. The first-order chi connectivity index (χ1) is 15.5. The number of fused-ring (bicyclic) bond motifs is 3. The van der Waals surface area contributed by atoms with Crippen LogP contribution in [0, 0.1) is 12.3 Å². The van der Waals surface area contributed by atoms with E-state index in [2.05, 4.69) is 27.1 Å². The second-order valence-electron chi connectivity index (χ2n) is 8.24. The lowest BCUT2D eigenvalue weighted by Gasteiger charge is -2.24. The number of terminal acetylenes is 1. The van der Waals surface area contributed by atoms with Crippen molar-refractivity contribution in [1.82, 2.24) is 14.5 Å². The molecule has 1 atom stereocenters. The third kappa shape index (κ3) is 3.72. The zero-order valence-corrected chi connectivity index (χ0v) is 18.3. The molecule has 5 rings (SSSR count). The van der Waals surface area contributed by atoms with Gasteiger partial charge in [-0.15, -0.1) is 6.42 Å². The van der Waals surface area contributed by atoms with Gasteiger partial charge in [0.25, 0.3) is 10.0 Å². The summed E-state index contributed by atoms with van der Waals surface area (Å²) >= 11 is 0. The number of rotatable bonds is 5. The van der Waals surface area contributed by atoms with E-state index in [4.69, 9.17) is 15.9 Å². The maximum Gasteiger partial charge on any atom is 0.333 e. The van der Waals surface area contributed by atoms with Gasteiger partial charge in [-0.3, -0.25) is 0 Å². The molecular weight excluding hydrogens is 432 g/mol. The molecule has 2 amide bonds. The minimum absolute atomic E-state index is 0.0763. The van der Waals surface area contributed by atoms with Crippen molar-refractivity contribution in [3.8, 4) is 18.2 Å². The number of nitrogens with zero attached hydrogens (tertiary/aromatic N) is 2. The predicted octanol–water partition coefficient (Wildman–Crippen LogP) is 1.78. The van der Waals surface area contributed by atoms with Gasteiger partial charge in [0.15, 0.2) is 4.90 Å². The van der Waals surface area contributed by atoms with Crippen molar-refractivity contribution in [3.63, 3.8) is 0 Å². The van der Waals surface area contributed by atoms with Gasteiger partial charge in [0.1, 0.15) is 19.3 Å². The molecule has 0 fully saturated rings. The third-order valence-corrected chi connectivity index (χ3v) is 7.49. The monoisotopic (exact) mass is 456 g/mol. The van der Waals surface area contributed by atoms with E-state index in [0.717, 1.165) is 55.3 Å². The summed E-state index contributed by atoms with van der Waals surface area (Å²) in [5.74, 6) is 2.46.